The van der Waals surface area contributed by atoms with Gasteiger partial charge in [-0.15, -0.1) is 0 Å². The lowest BCUT2D eigenvalue weighted by molar-refractivity contribution is -0.123. The standard InChI is InChI=1S/C21H25FN2O4/c1-2-3-14-28-15-6-12-23-21(27)19(24-13-5-4-7-18(24)25)20(26)16-8-10-17(22)11-9-16/h4-5,7-11,13,19H,2-3,6,12,14-15H2,1H3,(H,23,27)/t19-/m0/s1. The summed E-state index contributed by atoms with van der Waals surface area (Å²) in [7, 11) is 0. The number of carbonyl (C=O) groups excluding carboxylic acids is 2. The first-order valence-electron chi connectivity index (χ1n) is 9.37. The maximum absolute atomic E-state index is 13.2. The van der Waals surface area contributed by atoms with Crippen LogP contribution in [0.3, 0.4) is 0 Å². The third kappa shape index (κ3) is 6.13. The van der Waals surface area contributed by atoms with E-state index in [4.69, 9.17) is 4.74 Å². The summed E-state index contributed by atoms with van der Waals surface area (Å²) in [5.74, 6) is -1.65. The predicted molar refractivity (Wildman–Crippen MR) is 104 cm³/mol. The van der Waals surface area contributed by atoms with E-state index in [1.807, 2.05) is 0 Å². The quantitative estimate of drug-likeness (QED) is 0.365. The van der Waals surface area contributed by atoms with Crippen LogP contribution in [0.1, 0.15) is 42.6 Å². The van der Waals surface area contributed by atoms with Crippen molar-refractivity contribution in [2.75, 3.05) is 19.8 Å². The van der Waals surface area contributed by atoms with Gasteiger partial charge in [0.25, 0.3) is 11.5 Å². The SMILES string of the molecule is CCCCOCCCNC(=O)[C@H](C(=O)c1ccc(F)cc1)n1ccccc1=O. The van der Waals surface area contributed by atoms with Crippen molar-refractivity contribution in [1.82, 2.24) is 9.88 Å². The Balaban J connectivity index is 2.09. The van der Waals surface area contributed by atoms with Crippen LogP contribution in [0.15, 0.2) is 53.5 Å². The number of rotatable bonds is 11. The molecular formula is C21H25FN2O4. The summed E-state index contributed by atoms with van der Waals surface area (Å²) in [6.45, 7) is 3.57. The van der Waals surface area contributed by atoms with Gasteiger partial charge in [0.2, 0.25) is 0 Å². The highest BCUT2D eigenvalue weighted by Crippen LogP contribution is 2.14. The van der Waals surface area contributed by atoms with E-state index in [2.05, 4.69) is 12.2 Å². The molecule has 28 heavy (non-hydrogen) atoms. The van der Waals surface area contributed by atoms with Crippen molar-refractivity contribution in [2.24, 2.45) is 0 Å². The molecule has 1 amide bonds. The Hall–Kier alpha value is -2.80. The van der Waals surface area contributed by atoms with Crippen molar-refractivity contribution in [1.29, 1.82) is 0 Å². The molecule has 0 spiro atoms. The summed E-state index contributed by atoms with van der Waals surface area (Å²) in [6, 6.07) is 7.90. The summed E-state index contributed by atoms with van der Waals surface area (Å²) < 4.78 is 19.7. The van der Waals surface area contributed by atoms with Crippen molar-refractivity contribution in [2.45, 2.75) is 32.2 Å². The topological polar surface area (TPSA) is 77.4 Å². The van der Waals surface area contributed by atoms with Crippen molar-refractivity contribution < 1.29 is 18.7 Å². The summed E-state index contributed by atoms with van der Waals surface area (Å²) in [6.07, 6.45) is 4.02. The zero-order valence-electron chi connectivity index (χ0n) is 15.9. The Morgan fingerprint density at radius 3 is 2.50 bits per heavy atom. The number of benzene rings is 1. The number of hydrogen-bond acceptors (Lipinski definition) is 4. The molecule has 7 heteroatoms. The number of unbranched alkanes of at least 4 members (excludes halogenated alkanes) is 1. The lowest BCUT2D eigenvalue weighted by Crippen LogP contribution is -2.41. The largest absolute Gasteiger partial charge is 0.381 e. The third-order valence-corrected chi connectivity index (χ3v) is 4.16. The van der Waals surface area contributed by atoms with Crippen molar-refractivity contribution in [3.8, 4) is 0 Å². The van der Waals surface area contributed by atoms with Gasteiger partial charge in [0.15, 0.2) is 11.8 Å². The van der Waals surface area contributed by atoms with Crippen LogP contribution in [0.5, 0.6) is 0 Å². The number of nitrogens with one attached hydrogen (secondary N) is 1. The molecule has 0 aliphatic carbocycles. The Morgan fingerprint density at radius 1 is 1.11 bits per heavy atom. The minimum Gasteiger partial charge on any atom is -0.381 e. The molecule has 0 unspecified atom stereocenters. The molecule has 0 bridgehead atoms. The Kier molecular flexibility index (Phi) is 8.55. The Labute approximate surface area is 163 Å². The average Bonchev–Trinajstić information content (AvgIpc) is 2.69. The monoisotopic (exact) mass is 388 g/mol. The van der Waals surface area contributed by atoms with Crippen LogP contribution in [-0.4, -0.2) is 36.0 Å². The number of hydrogen-bond donors (Lipinski definition) is 1. The summed E-state index contributed by atoms with van der Waals surface area (Å²) in [4.78, 5) is 37.8. The second kappa shape index (κ2) is 11.1. The van der Waals surface area contributed by atoms with Crippen LogP contribution in [0.4, 0.5) is 4.39 Å². The van der Waals surface area contributed by atoms with Crippen LogP contribution in [0.25, 0.3) is 0 Å². The minimum atomic E-state index is -1.36. The molecule has 0 radical (unpaired) electrons. The lowest BCUT2D eigenvalue weighted by atomic mass is 10.0. The molecule has 1 aromatic carbocycles. The van der Waals surface area contributed by atoms with Crippen molar-refractivity contribution in [3.05, 3.63) is 70.4 Å². The lowest BCUT2D eigenvalue weighted by Gasteiger charge is -2.18. The van der Waals surface area contributed by atoms with E-state index in [1.54, 1.807) is 6.07 Å². The molecule has 0 aliphatic heterocycles. The molecule has 150 valence electrons. The highest BCUT2D eigenvalue weighted by atomic mass is 19.1. The average molecular weight is 388 g/mol. The van der Waals surface area contributed by atoms with E-state index in [0.29, 0.717) is 26.2 Å². The molecule has 0 saturated heterocycles. The first-order chi connectivity index (χ1) is 13.5. The minimum absolute atomic E-state index is 0.153. The molecule has 1 aromatic heterocycles. The van der Waals surface area contributed by atoms with Crippen LogP contribution < -0.4 is 10.9 Å². The molecule has 0 aliphatic rings. The predicted octanol–water partition coefficient (Wildman–Crippen LogP) is 2.73. The fourth-order valence-corrected chi connectivity index (χ4v) is 2.63. The third-order valence-electron chi connectivity index (χ3n) is 4.16. The van der Waals surface area contributed by atoms with Gasteiger partial charge in [-0.1, -0.05) is 19.4 Å². The highest BCUT2D eigenvalue weighted by molar-refractivity contribution is 6.11. The zero-order valence-corrected chi connectivity index (χ0v) is 15.9. The van der Waals surface area contributed by atoms with E-state index in [-0.39, 0.29) is 5.56 Å². The summed E-state index contributed by atoms with van der Waals surface area (Å²) in [5, 5.41) is 2.69. The molecule has 1 heterocycles. The molecule has 0 saturated carbocycles. The first kappa shape index (κ1) is 21.5. The number of carbonyl (C=O) groups is 2. The number of ketones is 1. The fourth-order valence-electron chi connectivity index (χ4n) is 2.63. The van der Waals surface area contributed by atoms with Gasteiger partial charge in [-0.25, -0.2) is 4.39 Å². The molecule has 0 fully saturated rings. The van der Waals surface area contributed by atoms with E-state index in [1.165, 1.54) is 30.5 Å². The highest BCUT2D eigenvalue weighted by Gasteiger charge is 2.29. The molecule has 2 aromatic rings. The van der Waals surface area contributed by atoms with E-state index < -0.39 is 29.1 Å². The maximum Gasteiger partial charge on any atom is 0.251 e. The van der Waals surface area contributed by atoms with Gasteiger partial charge in [-0.2, -0.15) is 0 Å². The smallest absolute Gasteiger partial charge is 0.251 e. The molecular weight excluding hydrogens is 363 g/mol. The first-order valence-corrected chi connectivity index (χ1v) is 9.37. The van der Waals surface area contributed by atoms with Gasteiger partial charge in [-0.3, -0.25) is 19.0 Å². The van der Waals surface area contributed by atoms with Gasteiger partial charge < -0.3 is 10.1 Å². The zero-order chi connectivity index (χ0) is 20.4. The number of ether oxygens (including phenoxy) is 1. The number of pyridine rings is 1. The summed E-state index contributed by atoms with van der Waals surface area (Å²) in [5.41, 5.74) is -0.318. The van der Waals surface area contributed by atoms with E-state index in [9.17, 15) is 18.8 Å². The number of aromatic nitrogens is 1. The molecule has 1 atom stereocenters. The van der Waals surface area contributed by atoms with Gasteiger partial charge in [0.05, 0.1) is 0 Å². The second-order valence-electron chi connectivity index (χ2n) is 6.33. The number of nitrogens with zero attached hydrogens (tertiary/aromatic N) is 1. The van der Waals surface area contributed by atoms with Gasteiger partial charge >= 0.3 is 0 Å². The fraction of sp³-hybridized carbons (Fsp3) is 0.381. The normalized spacial score (nSPS) is 11.8. The van der Waals surface area contributed by atoms with Crippen molar-refractivity contribution in [3.63, 3.8) is 0 Å². The summed E-state index contributed by atoms with van der Waals surface area (Å²) >= 11 is 0. The molecule has 1 N–H and O–H groups in total. The van der Waals surface area contributed by atoms with Crippen LogP contribution in [0.2, 0.25) is 0 Å². The van der Waals surface area contributed by atoms with Crippen LogP contribution in [-0.2, 0) is 9.53 Å². The number of Topliss-reactive ketones (excluding diaryl/α,β-unsaturated/α-hetero) is 1. The van der Waals surface area contributed by atoms with Gasteiger partial charge in [0, 0.05) is 37.6 Å². The van der Waals surface area contributed by atoms with Crippen molar-refractivity contribution >= 4 is 11.7 Å². The molecule has 6 nitrogen and oxygen atoms in total. The molecule has 2 rings (SSSR count). The van der Waals surface area contributed by atoms with Gasteiger partial charge in [-0.05, 0) is 43.2 Å². The Morgan fingerprint density at radius 2 is 1.82 bits per heavy atom. The second-order valence-corrected chi connectivity index (χ2v) is 6.33. The van der Waals surface area contributed by atoms with Gasteiger partial charge in [0.1, 0.15) is 5.82 Å². The maximum atomic E-state index is 13.2. The van der Waals surface area contributed by atoms with E-state index in [0.717, 1.165) is 29.5 Å². The Bertz CT molecular complexity index is 833. The number of amides is 1. The van der Waals surface area contributed by atoms with Crippen LogP contribution >= 0.6 is 0 Å². The van der Waals surface area contributed by atoms with E-state index >= 15 is 0 Å². The number of halogens is 1. The van der Waals surface area contributed by atoms with Crippen LogP contribution in [0, 0.1) is 5.82 Å².